The standard InChI is InChI=1S/C19H24N4O2.C2H6.C2H2/c1-4-10-22-18-14(6-5-7-17(18)23-12-24)13-8-9-16(21-2)15(11-13)19(20)25-3;2*1-2/h5-9,11-12,20-22H,4,10H2,1-3H3,(H,23,24);1-2H3;1-2H. The maximum atomic E-state index is 10.9. The number of methoxy groups -OCH3 is 1. The Morgan fingerprint density at radius 2 is 1.86 bits per heavy atom. The van der Waals surface area contributed by atoms with Crippen LogP contribution in [0.3, 0.4) is 0 Å². The summed E-state index contributed by atoms with van der Waals surface area (Å²) in [5.74, 6) is 0.0939. The van der Waals surface area contributed by atoms with Gasteiger partial charge >= 0.3 is 0 Å². The third-order valence-electron chi connectivity index (χ3n) is 3.88. The summed E-state index contributed by atoms with van der Waals surface area (Å²) in [6.45, 7) is 6.88. The van der Waals surface area contributed by atoms with E-state index in [2.05, 4.69) is 35.7 Å². The van der Waals surface area contributed by atoms with Crippen LogP contribution < -0.4 is 16.0 Å². The first-order valence-electron chi connectivity index (χ1n) is 9.51. The summed E-state index contributed by atoms with van der Waals surface area (Å²) in [6, 6.07) is 11.6. The molecule has 156 valence electrons. The summed E-state index contributed by atoms with van der Waals surface area (Å²) in [4.78, 5) is 10.9. The zero-order valence-corrected chi connectivity index (χ0v) is 17.9. The summed E-state index contributed by atoms with van der Waals surface area (Å²) >= 11 is 0. The van der Waals surface area contributed by atoms with Crippen LogP contribution in [0.2, 0.25) is 0 Å². The van der Waals surface area contributed by atoms with Gasteiger partial charge in [-0.1, -0.05) is 39.0 Å². The van der Waals surface area contributed by atoms with Crippen LogP contribution in [0.25, 0.3) is 11.1 Å². The average molecular weight is 397 g/mol. The maximum absolute atomic E-state index is 10.9. The van der Waals surface area contributed by atoms with Crippen molar-refractivity contribution in [1.29, 1.82) is 5.41 Å². The zero-order chi connectivity index (χ0) is 22.2. The molecule has 2 rings (SSSR count). The van der Waals surface area contributed by atoms with Crippen LogP contribution in [0.1, 0.15) is 32.8 Å². The van der Waals surface area contributed by atoms with E-state index in [1.165, 1.54) is 7.11 Å². The quantitative estimate of drug-likeness (QED) is 0.218. The second-order valence-corrected chi connectivity index (χ2v) is 5.46. The normalized spacial score (nSPS) is 8.93. The molecule has 0 heterocycles. The number of rotatable bonds is 8. The van der Waals surface area contributed by atoms with Gasteiger partial charge in [-0.05, 0) is 30.2 Å². The molecule has 4 N–H and O–H groups in total. The largest absolute Gasteiger partial charge is 0.481 e. The number of hydrogen-bond donors (Lipinski definition) is 4. The Hall–Kier alpha value is -3.46. The molecule has 2 aromatic carbocycles. The molecular formula is C23H32N4O2. The number of benzene rings is 2. The van der Waals surface area contributed by atoms with E-state index in [0.29, 0.717) is 12.0 Å². The highest BCUT2D eigenvalue weighted by molar-refractivity contribution is 6.00. The van der Waals surface area contributed by atoms with Gasteiger partial charge in [-0.3, -0.25) is 10.2 Å². The molecule has 0 saturated carbocycles. The Labute approximate surface area is 174 Å². The molecule has 1 amide bonds. The lowest BCUT2D eigenvalue weighted by Crippen LogP contribution is -2.08. The second-order valence-electron chi connectivity index (χ2n) is 5.46. The smallest absolute Gasteiger partial charge is 0.215 e. The van der Waals surface area contributed by atoms with E-state index in [4.69, 9.17) is 10.1 Å². The van der Waals surface area contributed by atoms with Gasteiger partial charge in [0, 0.05) is 24.8 Å². The number of nitrogens with one attached hydrogen (secondary N) is 4. The van der Waals surface area contributed by atoms with Crippen molar-refractivity contribution in [3.63, 3.8) is 0 Å². The highest BCUT2D eigenvalue weighted by Crippen LogP contribution is 2.36. The number of terminal acetylenes is 1. The fourth-order valence-corrected chi connectivity index (χ4v) is 2.64. The predicted molar refractivity (Wildman–Crippen MR) is 125 cm³/mol. The van der Waals surface area contributed by atoms with Gasteiger partial charge in [0.1, 0.15) is 0 Å². The van der Waals surface area contributed by atoms with Crippen LogP contribution in [-0.4, -0.2) is 33.0 Å². The van der Waals surface area contributed by atoms with E-state index in [1.807, 2.05) is 57.3 Å². The SMILES string of the molecule is C#C.CC.CCCNc1c(NC=O)cccc1-c1ccc(NC)c(C(=N)OC)c1. The fraction of sp³-hybridized carbons (Fsp3) is 0.304. The number of ether oxygens (including phenoxy) is 1. The van der Waals surface area contributed by atoms with E-state index in [0.717, 1.165) is 41.2 Å². The van der Waals surface area contributed by atoms with Crippen LogP contribution >= 0.6 is 0 Å². The molecule has 0 radical (unpaired) electrons. The van der Waals surface area contributed by atoms with Crippen molar-refractivity contribution < 1.29 is 9.53 Å². The molecule has 6 heteroatoms. The number of hydrogen-bond acceptors (Lipinski definition) is 5. The lowest BCUT2D eigenvalue weighted by molar-refractivity contribution is -0.105. The molecule has 0 aliphatic rings. The van der Waals surface area contributed by atoms with Gasteiger partial charge in [-0.25, -0.2) is 0 Å². The third kappa shape index (κ3) is 6.89. The summed E-state index contributed by atoms with van der Waals surface area (Å²) in [5, 5.41) is 17.2. The molecule has 6 nitrogen and oxygen atoms in total. The van der Waals surface area contributed by atoms with E-state index >= 15 is 0 Å². The Morgan fingerprint density at radius 1 is 1.17 bits per heavy atom. The minimum atomic E-state index is 0.0939. The third-order valence-corrected chi connectivity index (χ3v) is 3.88. The highest BCUT2D eigenvalue weighted by atomic mass is 16.5. The highest BCUT2D eigenvalue weighted by Gasteiger charge is 2.14. The first-order chi connectivity index (χ1) is 14.2. The van der Waals surface area contributed by atoms with Gasteiger partial charge in [-0.2, -0.15) is 0 Å². The molecule has 29 heavy (non-hydrogen) atoms. The number of carbonyl (C=O) groups is 1. The van der Waals surface area contributed by atoms with E-state index in [1.54, 1.807) is 0 Å². The van der Waals surface area contributed by atoms with Crippen molar-refractivity contribution in [3.8, 4) is 24.0 Å². The lowest BCUT2D eigenvalue weighted by Gasteiger charge is -2.17. The van der Waals surface area contributed by atoms with Gasteiger partial charge in [-0.15, -0.1) is 12.8 Å². The molecule has 0 saturated heterocycles. The Kier molecular flexibility index (Phi) is 12.8. The van der Waals surface area contributed by atoms with E-state index in [9.17, 15) is 4.79 Å². The predicted octanol–water partition coefficient (Wildman–Crippen LogP) is 5.03. The van der Waals surface area contributed by atoms with Crippen LogP contribution in [0.4, 0.5) is 17.1 Å². The summed E-state index contributed by atoms with van der Waals surface area (Å²) < 4.78 is 5.10. The first kappa shape index (κ1) is 25.5. The average Bonchev–Trinajstić information content (AvgIpc) is 2.80. The van der Waals surface area contributed by atoms with Gasteiger partial charge in [0.2, 0.25) is 12.3 Å². The van der Waals surface area contributed by atoms with Gasteiger partial charge in [0.25, 0.3) is 0 Å². The van der Waals surface area contributed by atoms with Crippen molar-refractivity contribution in [3.05, 3.63) is 42.0 Å². The Morgan fingerprint density at radius 3 is 2.41 bits per heavy atom. The lowest BCUT2D eigenvalue weighted by atomic mass is 9.99. The van der Waals surface area contributed by atoms with Gasteiger partial charge < -0.3 is 20.7 Å². The van der Waals surface area contributed by atoms with Gasteiger partial charge in [0.15, 0.2) is 0 Å². The molecule has 0 fully saturated rings. The number of carbonyl (C=O) groups excluding carboxylic acids is 1. The van der Waals surface area contributed by atoms with Crippen LogP contribution in [0.15, 0.2) is 36.4 Å². The monoisotopic (exact) mass is 396 g/mol. The number of para-hydroxylation sites is 1. The number of amides is 1. The summed E-state index contributed by atoms with van der Waals surface area (Å²) in [5.41, 5.74) is 4.97. The topological polar surface area (TPSA) is 86.2 Å². The minimum Gasteiger partial charge on any atom is -0.481 e. The van der Waals surface area contributed by atoms with Crippen molar-refractivity contribution in [2.24, 2.45) is 0 Å². The molecule has 0 unspecified atom stereocenters. The van der Waals surface area contributed by atoms with Crippen LogP contribution in [0.5, 0.6) is 0 Å². The van der Waals surface area contributed by atoms with Crippen LogP contribution in [-0.2, 0) is 9.53 Å². The van der Waals surface area contributed by atoms with Crippen LogP contribution in [0, 0.1) is 18.3 Å². The molecule has 2 aromatic rings. The molecule has 0 bridgehead atoms. The number of anilines is 3. The molecule has 0 aromatic heterocycles. The first-order valence-corrected chi connectivity index (χ1v) is 9.51. The Balaban J connectivity index is 0.00000184. The molecule has 0 atom stereocenters. The zero-order valence-electron chi connectivity index (χ0n) is 17.9. The Bertz CT molecular complexity index is 801. The molecule has 0 aliphatic carbocycles. The fourth-order valence-electron chi connectivity index (χ4n) is 2.64. The van der Waals surface area contributed by atoms with Crippen molar-refractivity contribution in [2.45, 2.75) is 27.2 Å². The summed E-state index contributed by atoms with van der Waals surface area (Å²) in [7, 11) is 3.29. The van der Waals surface area contributed by atoms with Crippen molar-refractivity contribution in [2.75, 3.05) is 36.7 Å². The maximum Gasteiger partial charge on any atom is 0.215 e. The molecule has 0 spiro atoms. The summed E-state index contributed by atoms with van der Waals surface area (Å²) in [6.07, 6.45) is 9.64. The second kappa shape index (κ2) is 14.6. The van der Waals surface area contributed by atoms with Crippen molar-refractivity contribution in [1.82, 2.24) is 0 Å². The van der Waals surface area contributed by atoms with Gasteiger partial charge in [0.05, 0.1) is 24.0 Å². The minimum absolute atomic E-state index is 0.0939. The van der Waals surface area contributed by atoms with Crippen molar-refractivity contribution >= 4 is 29.4 Å². The molecule has 0 aliphatic heterocycles. The van der Waals surface area contributed by atoms with E-state index in [-0.39, 0.29) is 5.90 Å². The van der Waals surface area contributed by atoms with E-state index < -0.39 is 0 Å². The molecular weight excluding hydrogens is 364 g/mol.